The van der Waals surface area contributed by atoms with Crippen molar-refractivity contribution >= 4 is 5.91 Å². The summed E-state index contributed by atoms with van der Waals surface area (Å²) in [6.45, 7) is 5.78. The van der Waals surface area contributed by atoms with Gasteiger partial charge in [0.2, 0.25) is 5.62 Å². The Morgan fingerprint density at radius 3 is 2.43 bits per heavy atom. The minimum absolute atomic E-state index is 0.272. The number of benzene rings is 3. The fraction of sp³-hybridized carbons (Fsp3) is 0.214. The Bertz CT molecular complexity index is 1470. The maximum atomic E-state index is 13.7. The summed E-state index contributed by atoms with van der Waals surface area (Å²) in [6.07, 6.45) is 3.62. The largest absolute Gasteiger partial charge is 0.346 e. The second-order valence-corrected chi connectivity index (χ2v) is 8.94. The average molecular weight is 475 g/mol. The number of nitrogens with one attached hydrogen (secondary N) is 2. The zero-order chi connectivity index (χ0) is 25.3. The van der Waals surface area contributed by atoms with Crippen LogP contribution in [0.5, 0.6) is 0 Å². The summed E-state index contributed by atoms with van der Waals surface area (Å²) in [5, 5.41) is 11.2. The number of amides is 1. The van der Waals surface area contributed by atoms with Gasteiger partial charge in [0, 0.05) is 25.0 Å². The van der Waals surface area contributed by atoms with Gasteiger partial charge in [-0.15, -0.1) is 0 Å². The third-order valence-electron chi connectivity index (χ3n) is 6.21. The van der Waals surface area contributed by atoms with Crippen LogP contribution in [-0.4, -0.2) is 15.0 Å². The molecule has 0 fully saturated rings. The minimum Gasteiger partial charge on any atom is -0.346 e. The molecule has 1 heterocycles. The Balaban J connectivity index is 1.71. The molecule has 0 aliphatic carbocycles. The lowest BCUT2D eigenvalue weighted by Gasteiger charge is -2.17. The van der Waals surface area contributed by atoms with Crippen molar-refractivity contribution in [3.05, 3.63) is 112 Å². The number of carbonyl (C=O) groups excluding carboxylic acids is 1. The highest BCUT2D eigenvalue weighted by molar-refractivity contribution is 5.96. The Hall–Kier alpha value is -4.00. The highest BCUT2D eigenvalue weighted by atomic mass is 19.1. The van der Waals surface area contributed by atoms with Gasteiger partial charge in [0.1, 0.15) is 11.6 Å². The number of hydrogen-bond donors (Lipinski definition) is 2. The minimum atomic E-state index is -0.329. The summed E-state index contributed by atoms with van der Waals surface area (Å²) in [5.74, 6) is -0.875. The number of aromatic nitrogens is 2. The Labute approximate surface area is 203 Å². The average Bonchev–Trinajstić information content (AvgIpc) is 3.12. The third kappa shape index (κ3) is 5.24. The van der Waals surface area contributed by atoms with E-state index in [4.69, 9.17) is 5.41 Å². The lowest BCUT2D eigenvalue weighted by atomic mass is 9.95. The molecule has 4 aromatic rings. The number of rotatable bonds is 6. The van der Waals surface area contributed by atoms with Crippen LogP contribution in [0.15, 0.2) is 67.0 Å². The van der Waals surface area contributed by atoms with Gasteiger partial charge in [-0.3, -0.25) is 10.2 Å². The monoisotopic (exact) mass is 474 g/mol. The van der Waals surface area contributed by atoms with Gasteiger partial charge in [-0.2, -0.15) is 0 Å². The van der Waals surface area contributed by atoms with E-state index in [0.717, 1.165) is 27.8 Å². The molecule has 0 spiro atoms. The Kier molecular flexibility index (Phi) is 6.69. The topological polar surface area (TPSA) is 62.8 Å². The fourth-order valence-electron chi connectivity index (χ4n) is 4.17. The summed E-state index contributed by atoms with van der Waals surface area (Å²) in [6, 6.07) is 14.6. The molecule has 2 N–H and O–H groups in total. The van der Waals surface area contributed by atoms with Gasteiger partial charge >= 0.3 is 0 Å². The molecule has 3 aromatic carbocycles. The molecule has 0 radical (unpaired) electrons. The van der Waals surface area contributed by atoms with Crippen LogP contribution in [0.2, 0.25) is 0 Å². The first kappa shape index (κ1) is 24.1. The first-order valence-electron chi connectivity index (χ1n) is 11.4. The molecule has 180 valence electrons. The van der Waals surface area contributed by atoms with Crippen molar-refractivity contribution in [1.82, 2.24) is 14.5 Å². The molecule has 1 unspecified atom stereocenters. The number of nitrogens with zero attached hydrogens (tertiary/aromatic N) is 2. The third-order valence-corrected chi connectivity index (χ3v) is 6.21. The summed E-state index contributed by atoms with van der Waals surface area (Å²) >= 11 is 0. The Morgan fingerprint density at radius 2 is 1.77 bits per heavy atom. The van der Waals surface area contributed by atoms with Crippen molar-refractivity contribution in [3.63, 3.8) is 0 Å². The number of halogens is 2. The standard InChI is InChI=1S/C28H28F2N4O/c1-17-12-24(29)6-7-25(17)22-13-20(16-34-10-9-33(4)28(34)31)14-23(15-22)27(35)32-19(3)21-5-8-26(30)18(2)11-21/h5-15,19,31H,16H2,1-4H3,(H,32,35). The van der Waals surface area contributed by atoms with Crippen molar-refractivity contribution in [2.45, 2.75) is 33.4 Å². The molecule has 1 atom stereocenters. The van der Waals surface area contributed by atoms with Crippen molar-refractivity contribution in [2.24, 2.45) is 7.05 Å². The van der Waals surface area contributed by atoms with Crippen molar-refractivity contribution in [3.8, 4) is 11.1 Å². The second kappa shape index (κ2) is 9.70. The number of carbonyl (C=O) groups is 1. The molecule has 5 nitrogen and oxygen atoms in total. The van der Waals surface area contributed by atoms with Gasteiger partial charge in [-0.1, -0.05) is 18.2 Å². The molecular weight excluding hydrogens is 446 g/mol. The van der Waals surface area contributed by atoms with Crippen LogP contribution in [0.3, 0.4) is 0 Å². The molecule has 0 saturated heterocycles. The molecule has 1 aromatic heterocycles. The predicted octanol–water partition coefficient (Wildman–Crippen LogP) is 5.41. The van der Waals surface area contributed by atoms with E-state index in [-0.39, 0.29) is 23.6 Å². The van der Waals surface area contributed by atoms with Gasteiger partial charge in [-0.25, -0.2) is 8.78 Å². The first-order chi connectivity index (χ1) is 16.6. The molecule has 0 saturated carbocycles. The van der Waals surface area contributed by atoms with Crippen LogP contribution in [-0.2, 0) is 13.6 Å². The van der Waals surface area contributed by atoms with E-state index in [0.29, 0.717) is 23.3 Å². The molecule has 35 heavy (non-hydrogen) atoms. The number of imidazole rings is 1. The molecule has 7 heteroatoms. The lowest BCUT2D eigenvalue weighted by molar-refractivity contribution is 0.0939. The summed E-state index contributed by atoms with van der Waals surface area (Å²) in [7, 11) is 1.80. The summed E-state index contributed by atoms with van der Waals surface area (Å²) in [4.78, 5) is 13.3. The SMILES string of the molecule is Cc1cc(C(C)NC(=O)c2cc(Cn3ccn(C)c3=N)cc(-c3ccc(F)cc3C)c2)ccc1F. The second-order valence-electron chi connectivity index (χ2n) is 8.94. The number of aryl methyl sites for hydroxylation is 3. The van der Waals surface area contributed by atoms with Crippen LogP contribution in [0.25, 0.3) is 11.1 Å². The zero-order valence-corrected chi connectivity index (χ0v) is 20.2. The molecule has 0 aliphatic heterocycles. The summed E-state index contributed by atoms with van der Waals surface area (Å²) in [5.41, 5.74) is 5.33. The Morgan fingerprint density at radius 1 is 1.00 bits per heavy atom. The highest BCUT2D eigenvalue weighted by Gasteiger charge is 2.16. The summed E-state index contributed by atoms with van der Waals surface area (Å²) < 4.78 is 30.9. The fourth-order valence-corrected chi connectivity index (χ4v) is 4.17. The van der Waals surface area contributed by atoms with Gasteiger partial charge < -0.3 is 14.5 Å². The first-order valence-corrected chi connectivity index (χ1v) is 11.4. The van der Waals surface area contributed by atoms with Crippen LogP contribution in [0.4, 0.5) is 8.78 Å². The zero-order valence-electron chi connectivity index (χ0n) is 20.2. The normalized spacial score (nSPS) is 11.9. The van der Waals surface area contributed by atoms with Crippen molar-refractivity contribution < 1.29 is 13.6 Å². The molecule has 0 bridgehead atoms. The smallest absolute Gasteiger partial charge is 0.251 e. The van der Waals surface area contributed by atoms with Crippen molar-refractivity contribution in [1.29, 1.82) is 5.41 Å². The van der Waals surface area contributed by atoms with Gasteiger partial charge in [0.25, 0.3) is 5.91 Å². The van der Waals surface area contributed by atoms with E-state index in [1.807, 2.05) is 26.1 Å². The predicted molar refractivity (Wildman–Crippen MR) is 132 cm³/mol. The maximum absolute atomic E-state index is 13.7. The van der Waals surface area contributed by atoms with Crippen molar-refractivity contribution in [2.75, 3.05) is 0 Å². The highest BCUT2D eigenvalue weighted by Crippen LogP contribution is 2.27. The van der Waals surface area contributed by atoms with E-state index in [9.17, 15) is 13.6 Å². The van der Waals surface area contributed by atoms with Gasteiger partial charge in [-0.05, 0) is 90.6 Å². The van der Waals surface area contributed by atoms with Gasteiger partial charge in [0.05, 0.1) is 12.6 Å². The maximum Gasteiger partial charge on any atom is 0.251 e. The van der Waals surface area contributed by atoms with Crippen LogP contribution >= 0.6 is 0 Å². The lowest BCUT2D eigenvalue weighted by Crippen LogP contribution is -2.27. The van der Waals surface area contributed by atoms with Crippen LogP contribution < -0.4 is 10.9 Å². The van der Waals surface area contributed by atoms with E-state index in [2.05, 4.69) is 5.32 Å². The molecule has 1 amide bonds. The molecule has 0 aliphatic rings. The van der Waals surface area contributed by atoms with E-state index < -0.39 is 0 Å². The van der Waals surface area contributed by atoms with Gasteiger partial charge in [0.15, 0.2) is 0 Å². The molecular formula is C28H28F2N4O. The molecule has 4 rings (SSSR count). The quantitative estimate of drug-likeness (QED) is 0.386. The van der Waals surface area contributed by atoms with Crippen LogP contribution in [0, 0.1) is 30.9 Å². The van der Waals surface area contributed by atoms with E-state index in [1.165, 1.54) is 18.2 Å². The van der Waals surface area contributed by atoms with E-state index >= 15 is 0 Å². The van der Waals surface area contributed by atoms with E-state index in [1.54, 1.807) is 59.6 Å². The van der Waals surface area contributed by atoms with Crippen LogP contribution in [0.1, 0.15) is 45.6 Å². The number of hydrogen-bond acceptors (Lipinski definition) is 2.